The first-order valence-electron chi connectivity index (χ1n) is 7.82. The lowest BCUT2D eigenvalue weighted by atomic mass is 9.97. The van der Waals surface area contributed by atoms with Crippen molar-refractivity contribution in [1.29, 1.82) is 0 Å². The molecule has 0 radical (unpaired) electrons. The van der Waals surface area contributed by atoms with Crippen molar-refractivity contribution in [2.75, 3.05) is 19.6 Å². The average Bonchev–Trinajstić information content (AvgIpc) is 3.26. The summed E-state index contributed by atoms with van der Waals surface area (Å²) in [5.41, 5.74) is 2.96. The number of hydrogen-bond donors (Lipinski definition) is 1. The molecule has 0 amide bonds. The van der Waals surface area contributed by atoms with Crippen molar-refractivity contribution in [1.82, 2.24) is 10.2 Å². The van der Waals surface area contributed by atoms with Crippen LogP contribution in [-0.4, -0.2) is 30.6 Å². The number of nitrogens with zero attached hydrogens (tertiary/aromatic N) is 1. The van der Waals surface area contributed by atoms with Gasteiger partial charge in [0, 0.05) is 19.1 Å². The van der Waals surface area contributed by atoms with Crippen LogP contribution in [0, 0.1) is 12.8 Å². The molecule has 1 aromatic rings. The molecule has 19 heavy (non-hydrogen) atoms. The van der Waals surface area contributed by atoms with E-state index in [4.69, 9.17) is 0 Å². The highest BCUT2D eigenvalue weighted by atomic mass is 15.2. The van der Waals surface area contributed by atoms with E-state index in [1.807, 2.05) is 0 Å². The molecule has 0 spiro atoms. The lowest BCUT2D eigenvalue weighted by Gasteiger charge is -2.30. The second kappa shape index (κ2) is 6.06. The second-order valence-corrected chi connectivity index (χ2v) is 6.28. The van der Waals surface area contributed by atoms with Crippen LogP contribution in [0.15, 0.2) is 24.3 Å². The maximum absolute atomic E-state index is 3.47. The van der Waals surface area contributed by atoms with Crippen molar-refractivity contribution in [2.24, 2.45) is 5.92 Å². The molecule has 1 aromatic carbocycles. The van der Waals surface area contributed by atoms with Crippen molar-refractivity contribution in [2.45, 2.75) is 45.2 Å². The van der Waals surface area contributed by atoms with Crippen molar-refractivity contribution in [3.63, 3.8) is 0 Å². The molecule has 2 heteroatoms. The SMILES string of the molecule is Cc1ccccc1CN(CC1CCNCC1)C1CC1. The summed E-state index contributed by atoms with van der Waals surface area (Å²) in [6, 6.07) is 9.73. The van der Waals surface area contributed by atoms with Crippen LogP contribution in [0.25, 0.3) is 0 Å². The summed E-state index contributed by atoms with van der Waals surface area (Å²) < 4.78 is 0. The molecule has 0 aromatic heterocycles. The first-order valence-corrected chi connectivity index (χ1v) is 7.82. The Balaban J connectivity index is 1.62. The smallest absolute Gasteiger partial charge is 0.0239 e. The van der Waals surface area contributed by atoms with Crippen molar-refractivity contribution in [3.05, 3.63) is 35.4 Å². The lowest BCUT2D eigenvalue weighted by molar-refractivity contribution is 0.190. The van der Waals surface area contributed by atoms with Crippen LogP contribution in [0.1, 0.15) is 36.8 Å². The van der Waals surface area contributed by atoms with Gasteiger partial charge in [-0.25, -0.2) is 0 Å². The van der Waals surface area contributed by atoms with Gasteiger partial charge in [-0.1, -0.05) is 24.3 Å². The van der Waals surface area contributed by atoms with E-state index in [1.165, 1.54) is 56.4 Å². The van der Waals surface area contributed by atoms with Gasteiger partial charge in [-0.3, -0.25) is 4.90 Å². The maximum Gasteiger partial charge on any atom is 0.0239 e. The molecule has 1 saturated carbocycles. The molecule has 1 aliphatic heterocycles. The minimum Gasteiger partial charge on any atom is -0.317 e. The Hall–Kier alpha value is -0.860. The summed E-state index contributed by atoms with van der Waals surface area (Å²) in [6.45, 7) is 7.13. The van der Waals surface area contributed by atoms with Crippen LogP contribution >= 0.6 is 0 Å². The predicted molar refractivity (Wildman–Crippen MR) is 80.2 cm³/mol. The van der Waals surface area contributed by atoms with Gasteiger partial charge in [0.15, 0.2) is 0 Å². The minimum atomic E-state index is 0.870. The molecule has 104 valence electrons. The van der Waals surface area contributed by atoms with Gasteiger partial charge in [0.1, 0.15) is 0 Å². The zero-order valence-electron chi connectivity index (χ0n) is 12.1. The van der Waals surface area contributed by atoms with E-state index >= 15 is 0 Å². The molecule has 2 fully saturated rings. The first-order chi connectivity index (χ1) is 9.33. The van der Waals surface area contributed by atoms with E-state index in [0.717, 1.165) is 18.5 Å². The zero-order chi connectivity index (χ0) is 13.1. The van der Waals surface area contributed by atoms with Gasteiger partial charge >= 0.3 is 0 Å². The Kier molecular flexibility index (Phi) is 4.19. The lowest BCUT2D eigenvalue weighted by Crippen LogP contribution is -2.37. The Morgan fingerprint density at radius 1 is 1.11 bits per heavy atom. The molecule has 1 N–H and O–H groups in total. The van der Waals surface area contributed by atoms with Crippen LogP contribution in [0.3, 0.4) is 0 Å². The minimum absolute atomic E-state index is 0.870. The molecule has 1 aliphatic carbocycles. The topological polar surface area (TPSA) is 15.3 Å². The molecule has 0 bridgehead atoms. The highest BCUT2D eigenvalue weighted by molar-refractivity contribution is 5.25. The second-order valence-electron chi connectivity index (χ2n) is 6.28. The predicted octanol–water partition coefficient (Wildman–Crippen LogP) is 2.96. The van der Waals surface area contributed by atoms with E-state index < -0.39 is 0 Å². The van der Waals surface area contributed by atoms with Gasteiger partial charge in [-0.15, -0.1) is 0 Å². The molecule has 0 unspecified atom stereocenters. The van der Waals surface area contributed by atoms with Gasteiger partial charge in [0.05, 0.1) is 0 Å². The molecule has 3 rings (SSSR count). The van der Waals surface area contributed by atoms with Crippen LogP contribution in [0.5, 0.6) is 0 Å². The van der Waals surface area contributed by atoms with Gasteiger partial charge in [0.25, 0.3) is 0 Å². The molecule has 1 saturated heterocycles. The number of hydrogen-bond acceptors (Lipinski definition) is 2. The maximum atomic E-state index is 3.47. The van der Waals surface area contributed by atoms with Crippen molar-refractivity contribution >= 4 is 0 Å². The number of rotatable bonds is 5. The summed E-state index contributed by atoms with van der Waals surface area (Å²) in [7, 11) is 0. The molecule has 2 nitrogen and oxygen atoms in total. The van der Waals surface area contributed by atoms with E-state index in [2.05, 4.69) is 41.4 Å². The third-order valence-electron chi connectivity index (χ3n) is 4.65. The van der Waals surface area contributed by atoms with E-state index in [-0.39, 0.29) is 0 Å². The van der Waals surface area contributed by atoms with Crippen LogP contribution in [-0.2, 0) is 6.54 Å². The number of nitrogens with one attached hydrogen (secondary N) is 1. The highest BCUT2D eigenvalue weighted by Gasteiger charge is 2.31. The average molecular weight is 258 g/mol. The zero-order valence-corrected chi connectivity index (χ0v) is 12.1. The Morgan fingerprint density at radius 2 is 1.84 bits per heavy atom. The quantitative estimate of drug-likeness (QED) is 0.873. The fraction of sp³-hybridized carbons (Fsp3) is 0.647. The Bertz CT molecular complexity index is 405. The molecular weight excluding hydrogens is 232 g/mol. The van der Waals surface area contributed by atoms with Crippen LogP contribution in [0.4, 0.5) is 0 Å². The molecule has 0 atom stereocenters. The highest BCUT2D eigenvalue weighted by Crippen LogP contribution is 2.30. The summed E-state index contributed by atoms with van der Waals surface area (Å²) in [5, 5.41) is 3.47. The number of piperidine rings is 1. The van der Waals surface area contributed by atoms with Gasteiger partial charge in [-0.05, 0) is 62.7 Å². The van der Waals surface area contributed by atoms with E-state index in [9.17, 15) is 0 Å². The van der Waals surface area contributed by atoms with Crippen molar-refractivity contribution < 1.29 is 0 Å². The normalized spacial score (nSPS) is 20.9. The monoisotopic (exact) mass is 258 g/mol. The molecule has 1 heterocycles. The fourth-order valence-corrected chi connectivity index (χ4v) is 3.18. The fourth-order valence-electron chi connectivity index (χ4n) is 3.18. The molecule has 2 aliphatic rings. The third-order valence-corrected chi connectivity index (χ3v) is 4.65. The summed E-state index contributed by atoms with van der Waals surface area (Å²) >= 11 is 0. The van der Waals surface area contributed by atoms with E-state index in [1.54, 1.807) is 0 Å². The standard InChI is InChI=1S/C17H26N2/c1-14-4-2-3-5-16(14)13-19(17-6-7-17)12-15-8-10-18-11-9-15/h2-5,15,17-18H,6-13H2,1H3. The first kappa shape index (κ1) is 13.1. The van der Waals surface area contributed by atoms with Crippen LogP contribution < -0.4 is 5.32 Å². The van der Waals surface area contributed by atoms with E-state index in [0.29, 0.717) is 0 Å². The van der Waals surface area contributed by atoms with Gasteiger partial charge in [0.2, 0.25) is 0 Å². The van der Waals surface area contributed by atoms with Gasteiger partial charge in [-0.2, -0.15) is 0 Å². The van der Waals surface area contributed by atoms with Gasteiger partial charge < -0.3 is 5.32 Å². The Labute approximate surface area is 117 Å². The molecular formula is C17H26N2. The Morgan fingerprint density at radius 3 is 2.53 bits per heavy atom. The third kappa shape index (κ3) is 3.58. The number of aryl methyl sites for hydroxylation is 1. The van der Waals surface area contributed by atoms with Crippen LogP contribution in [0.2, 0.25) is 0 Å². The van der Waals surface area contributed by atoms with Crippen molar-refractivity contribution in [3.8, 4) is 0 Å². The summed E-state index contributed by atoms with van der Waals surface area (Å²) in [4.78, 5) is 2.75. The largest absolute Gasteiger partial charge is 0.317 e. The summed E-state index contributed by atoms with van der Waals surface area (Å²) in [5.74, 6) is 0.908. The number of benzene rings is 1. The summed E-state index contributed by atoms with van der Waals surface area (Å²) in [6.07, 6.45) is 5.54.